The first-order valence-electron chi connectivity index (χ1n) is 19.6. The van der Waals surface area contributed by atoms with Crippen LogP contribution in [-0.4, -0.2) is 67.8 Å². The summed E-state index contributed by atoms with van der Waals surface area (Å²) in [6, 6.07) is 37.8. The molecule has 8 rings (SSSR count). The zero-order valence-corrected chi connectivity index (χ0v) is 33.5. The number of hydrogen-bond acceptors (Lipinski definition) is 8. The molecule has 9 heteroatoms. The van der Waals surface area contributed by atoms with Gasteiger partial charge in [0, 0.05) is 11.8 Å². The number of ether oxygens (including phenoxy) is 4. The van der Waals surface area contributed by atoms with Crippen LogP contribution < -0.4 is 10.4 Å². The Morgan fingerprint density at radius 3 is 1.53 bits per heavy atom. The van der Waals surface area contributed by atoms with Crippen LogP contribution in [-0.2, 0) is 23.4 Å². The highest BCUT2D eigenvalue weighted by molar-refractivity contribution is 6.99. The second-order valence-electron chi connectivity index (χ2n) is 17.6. The highest BCUT2D eigenvalue weighted by Crippen LogP contribution is 2.73. The van der Waals surface area contributed by atoms with E-state index in [0.29, 0.717) is 23.5 Å². The molecule has 1 N–H and O–H groups in total. The molecule has 288 valence electrons. The van der Waals surface area contributed by atoms with Crippen LogP contribution in [0.3, 0.4) is 0 Å². The molecule has 0 amide bonds. The lowest BCUT2D eigenvalue weighted by molar-refractivity contribution is -0.256. The van der Waals surface area contributed by atoms with E-state index < -0.39 is 67.7 Å². The van der Waals surface area contributed by atoms with Crippen molar-refractivity contribution in [2.45, 2.75) is 108 Å². The summed E-state index contributed by atoms with van der Waals surface area (Å²) >= 11 is 0. The molecule has 0 radical (unpaired) electrons. The van der Waals surface area contributed by atoms with Gasteiger partial charge in [-0.15, -0.1) is 0 Å². The van der Waals surface area contributed by atoms with Gasteiger partial charge in [0.1, 0.15) is 24.4 Å². The Morgan fingerprint density at radius 2 is 1.11 bits per heavy atom. The fourth-order valence-corrected chi connectivity index (χ4v) is 14.9. The number of aliphatic hydroxyl groups is 1. The average Bonchev–Trinajstić information content (AvgIpc) is 3.73. The van der Waals surface area contributed by atoms with Crippen molar-refractivity contribution in [2.24, 2.45) is 16.7 Å². The monoisotopic (exact) mass is 760 g/mol. The van der Waals surface area contributed by atoms with Crippen molar-refractivity contribution in [3.8, 4) is 0 Å². The number of benzene rings is 4. The van der Waals surface area contributed by atoms with Crippen molar-refractivity contribution in [3.63, 3.8) is 0 Å². The number of carbonyl (C=O) groups is 2. The normalized spacial score (nSPS) is 32.2. The summed E-state index contributed by atoms with van der Waals surface area (Å²) in [5, 5.41) is 14.5. The molecule has 55 heavy (non-hydrogen) atoms. The van der Waals surface area contributed by atoms with Gasteiger partial charge in [-0.3, -0.25) is 0 Å². The molecule has 1 unspecified atom stereocenters. The SMILES string of the molecule is CC1(C)[C@@H]2CC[C@@]1(C)C1(C2)O[C@@H]2[C@@H](OC(=O)c3ccccc3)[C@H](OC(=O)c3ccccc3)[C@@H](O)[C@H](O[Si](c3ccccc3)(c3ccccc3)C(C)(C)C)[C@@H]2O1. The van der Waals surface area contributed by atoms with Crippen molar-refractivity contribution in [1.82, 2.24) is 0 Å². The molecule has 9 atom stereocenters. The lowest BCUT2D eigenvalue weighted by Crippen LogP contribution is -2.73. The molecule has 1 heterocycles. The second-order valence-corrected chi connectivity index (χ2v) is 21.9. The van der Waals surface area contributed by atoms with E-state index in [1.54, 1.807) is 48.5 Å². The Balaban J connectivity index is 1.29. The molecule has 2 bridgehead atoms. The standard InChI is InChI=1S/C46H52O8Si/c1-43(2,3)55(33-23-15-9-16-24-33,34-25-17-10-18-26-34)54-37-35(47)36(50-41(48)30-19-11-7-12-20-30)38(51-42(49)31-21-13-8-14-22-31)40-39(37)52-46(53-40)29-32-27-28-45(46,6)44(32,4)5/h7-26,32,35-40,47H,27-29H2,1-6H3/t32-,35-,36-,37+,38+,39+,40-,45-,46?/m1/s1. The van der Waals surface area contributed by atoms with Crippen LogP contribution in [0, 0.1) is 16.7 Å². The van der Waals surface area contributed by atoms with Gasteiger partial charge in [-0.25, -0.2) is 9.59 Å². The zero-order chi connectivity index (χ0) is 38.8. The predicted octanol–water partition coefficient (Wildman–Crippen LogP) is 7.08. The maximum atomic E-state index is 14.0. The van der Waals surface area contributed by atoms with Crippen LogP contribution in [0.1, 0.15) is 81.5 Å². The van der Waals surface area contributed by atoms with E-state index >= 15 is 0 Å². The Morgan fingerprint density at radius 1 is 0.673 bits per heavy atom. The largest absolute Gasteiger partial charge is 0.452 e. The van der Waals surface area contributed by atoms with E-state index in [4.69, 9.17) is 23.4 Å². The third kappa shape index (κ3) is 5.93. The van der Waals surface area contributed by atoms with E-state index in [2.05, 4.69) is 65.8 Å². The van der Waals surface area contributed by atoms with Crippen molar-refractivity contribution >= 4 is 30.6 Å². The van der Waals surface area contributed by atoms with Crippen LogP contribution in [0.5, 0.6) is 0 Å². The molecule has 3 aliphatic carbocycles. The van der Waals surface area contributed by atoms with E-state index in [9.17, 15) is 14.7 Å². The molecule has 0 aromatic heterocycles. The minimum Gasteiger partial charge on any atom is -0.452 e. The molecular weight excluding hydrogens is 709 g/mol. The van der Waals surface area contributed by atoms with Crippen LogP contribution in [0.25, 0.3) is 0 Å². The van der Waals surface area contributed by atoms with Crippen LogP contribution in [0.2, 0.25) is 5.04 Å². The highest BCUT2D eigenvalue weighted by Gasteiger charge is 2.77. The first kappa shape index (κ1) is 37.8. The first-order chi connectivity index (χ1) is 26.2. The third-order valence-electron chi connectivity index (χ3n) is 13.6. The second kappa shape index (κ2) is 13.8. The summed E-state index contributed by atoms with van der Waals surface area (Å²) in [6.07, 6.45) is -4.28. The molecule has 4 aromatic carbocycles. The Bertz CT molecular complexity index is 1960. The van der Waals surface area contributed by atoms with Crippen molar-refractivity contribution < 1.29 is 38.1 Å². The van der Waals surface area contributed by atoms with Gasteiger partial charge in [0.25, 0.3) is 8.32 Å². The van der Waals surface area contributed by atoms with Gasteiger partial charge < -0.3 is 28.5 Å². The molecule has 3 saturated carbocycles. The lowest BCUT2D eigenvalue weighted by atomic mass is 9.68. The Kier molecular flexibility index (Phi) is 9.49. The van der Waals surface area contributed by atoms with Crippen molar-refractivity contribution in [3.05, 3.63) is 132 Å². The lowest BCUT2D eigenvalue weighted by Gasteiger charge is -2.50. The van der Waals surface area contributed by atoms with Gasteiger partial charge in [-0.2, -0.15) is 0 Å². The van der Waals surface area contributed by atoms with E-state index in [1.165, 1.54) is 0 Å². The Hall–Kier alpha value is -4.12. The summed E-state index contributed by atoms with van der Waals surface area (Å²) in [7, 11) is -3.34. The molecule has 1 saturated heterocycles. The molecule has 8 nitrogen and oxygen atoms in total. The summed E-state index contributed by atoms with van der Waals surface area (Å²) < 4.78 is 35.0. The third-order valence-corrected chi connectivity index (χ3v) is 18.7. The summed E-state index contributed by atoms with van der Waals surface area (Å²) in [5.41, 5.74) is 0.132. The molecule has 1 aliphatic heterocycles. The van der Waals surface area contributed by atoms with Gasteiger partial charge in [-0.05, 0) is 63.9 Å². The van der Waals surface area contributed by atoms with E-state index in [0.717, 1.165) is 23.2 Å². The quantitative estimate of drug-likeness (QED) is 0.150. The highest BCUT2D eigenvalue weighted by atomic mass is 28.4. The summed E-state index contributed by atoms with van der Waals surface area (Å²) in [4.78, 5) is 27.9. The zero-order valence-electron chi connectivity index (χ0n) is 32.5. The number of aliphatic hydroxyl groups excluding tert-OH is 1. The molecule has 4 aromatic rings. The number of hydrogen-bond donors (Lipinski definition) is 1. The van der Waals surface area contributed by atoms with Crippen LogP contribution >= 0.6 is 0 Å². The Labute approximate surface area is 325 Å². The average molecular weight is 761 g/mol. The number of fused-ring (bicyclic) bond motifs is 4. The van der Waals surface area contributed by atoms with E-state index in [-0.39, 0.29) is 10.8 Å². The van der Waals surface area contributed by atoms with Gasteiger partial charge in [-0.1, -0.05) is 139 Å². The molecule has 4 fully saturated rings. The van der Waals surface area contributed by atoms with Crippen LogP contribution in [0.15, 0.2) is 121 Å². The molecule has 1 spiro atoms. The molecule has 4 aliphatic rings. The maximum Gasteiger partial charge on any atom is 0.338 e. The minimum atomic E-state index is -3.34. The predicted molar refractivity (Wildman–Crippen MR) is 211 cm³/mol. The fourth-order valence-electron chi connectivity index (χ4n) is 10.2. The number of carbonyl (C=O) groups excluding carboxylic acids is 2. The first-order valence-corrected chi connectivity index (χ1v) is 21.5. The van der Waals surface area contributed by atoms with Crippen LogP contribution in [0.4, 0.5) is 0 Å². The number of esters is 2. The minimum absolute atomic E-state index is 0.108. The van der Waals surface area contributed by atoms with Gasteiger partial charge in [0.05, 0.1) is 11.1 Å². The fraction of sp³-hybridized carbons (Fsp3) is 0.435. The van der Waals surface area contributed by atoms with Gasteiger partial charge >= 0.3 is 11.9 Å². The van der Waals surface area contributed by atoms with E-state index in [1.807, 2.05) is 48.5 Å². The van der Waals surface area contributed by atoms with Gasteiger partial charge in [0.15, 0.2) is 18.0 Å². The smallest absolute Gasteiger partial charge is 0.338 e. The topological polar surface area (TPSA) is 101 Å². The van der Waals surface area contributed by atoms with Crippen molar-refractivity contribution in [2.75, 3.05) is 0 Å². The summed E-state index contributed by atoms with van der Waals surface area (Å²) in [5.74, 6) is -1.98. The summed E-state index contributed by atoms with van der Waals surface area (Å²) in [6.45, 7) is 13.3. The van der Waals surface area contributed by atoms with Crippen molar-refractivity contribution in [1.29, 1.82) is 0 Å². The number of rotatable bonds is 8. The van der Waals surface area contributed by atoms with Gasteiger partial charge in [0.2, 0.25) is 0 Å². The molecular formula is C46H52O8Si. The maximum absolute atomic E-state index is 14.0.